The number of nitrogens with one attached hydrogen (secondary N) is 1. The number of carbonyl (C=O) groups excluding carboxylic acids is 1. The summed E-state index contributed by atoms with van der Waals surface area (Å²) in [5, 5.41) is 15.8. The molecule has 0 radical (unpaired) electrons. The first-order valence-corrected chi connectivity index (χ1v) is 13.3. The number of amides is 1. The van der Waals surface area contributed by atoms with E-state index in [1.54, 1.807) is 18.2 Å². The Morgan fingerprint density at radius 2 is 1.78 bits per heavy atom. The summed E-state index contributed by atoms with van der Waals surface area (Å²) >= 11 is 1.36. The van der Waals surface area contributed by atoms with E-state index >= 15 is 0 Å². The molecule has 0 saturated carbocycles. The maximum absolute atomic E-state index is 12.7. The van der Waals surface area contributed by atoms with Crippen LogP contribution in [0.15, 0.2) is 52.1 Å². The quantitative estimate of drug-likeness (QED) is 0.290. The van der Waals surface area contributed by atoms with Gasteiger partial charge in [0, 0.05) is 0 Å². The van der Waals surface area contributed by atoms with Crippen molar-refractivity contribution in [2.24, 2.45) is 10.1 Å². The Balaban J connectivity index is 1.45. The van der Waals surface area contributed by atoms with Crippen molar-refractivity contribution < 1.29 is 19.0 Å². The van der Waals surface area contributed by atoms with Crippen LogP contribution in [0.3, 0.4) is 0 Å². The molecule has 0 saturated heterocycles. The Labute approximate surface area is 221 Å². The number of rotatable bonds is 11. The van der Waals surface area contributed by atoms with Gasteiger partial charge >= 0.3 is 0 Å². The van der Waals surface area contributed by atoms with Crippen LogP contribution in [0, 0.1) is 19.3 Å². The van der Waals surface area contributed by atoms with Crippen molar-refractivity contribution in [3.05, 3.63) is 58.7 Å². The lowest BCUT2D eigenvalue weighted by Gasteiger charge is -2.20. The lowest BCUT2D eigenvalue weighted by Crippen LogP contribution is -2.35. The van der Waals surface area contributed by atoms with Gasteiger partial charge in [-0.05, 0) is 86.3 Å². The molecule has 0 aromatic heterocycles. The zero-order chi connectivity index (χ0) is 26.4. The number of aryl methyl sites for hydroxylation is 2. The first kappa shape index (κ1) is 26.5. The van der Waals surface area contributed by atoms with Crippen LogP contribution < -0.4 is 14.2 Å². The second-order valence-electron chi connectivity index (χ2n) is 8.72. The molecular formula is C28H32N4O4S. The summed E-state index contributed by atoms with van der Waals surface area (Å²) < 4.78 is 17.6. The minimum Gasteiger partial charge on any atom is -0.490 e. The maximum atomic E-state index is 12.7. The molecule has 0 atom stereocenters. The fourth-order valence-corrected chi connectivity index (χ4v) is 4.72. The molecule has 1 N–H and O–H groups in total. The summed E-state index contributed by atoms with van der Waals surface area (Å²) in [7, 11) is 0. The summed E-state index contributed by atoms with van der Waals surface area (Å²) in [6.45, 7) is 9.25. The van der Waals surface area contributed by atoms with Gasteiger partial charge in [0.15, 0.2) is 17.3 Å². The van der Waals surface area contributed by atoms with E-state index < -0.39 is 5.91 Å². The smallest absolute Gasteiger partial charge is 0.283 e. The first-order valence-electron chi connectivity index (χ1n) is 12.5. The monoisotopic (exact) mass is 520 g/mol. The van der Waals surface area contributed by atoms with Crippen molar-refractivity contribution in [1.82, 2.24) is 5.01 Å². The second kappa shape index (κ2) is 12.1. The molecule has 0 unspecified atom stereocenters. The standard InChI is InChI=1S/C28H32N4O4S/c1-5-7-8-25-31-32-26(29)21(27(33)30-28(32)37-25)16-20-11-12-22(24(17-20)34-6-2)35-13-14-36-23-15-18(3)9-10-19(23)4/h9-12,15-17,29H,5-8,13-14H2,1-4H3/b21-16+,29-26?. The molecular weight excluding hydrogens is 488 g/mol. The number of hydrogen-bond acceptors (Lipinski definition) is 7. The second-order valence-corrected chi connectivity index (χ2v) is 9.76. The largest absolute Gasteiger partial charge is 0.490 e. The van der Waals surface area contributed by atoms with Gasteiger partial charge in [0.2, 0.25) is 5.17 Å². The van der Waals surface area contributed by atoms with Crippen LogP contribution in [0.2, 0.25) is 0 Å². The lowest BCUT2D eigenvalue weighted by atomic mass is 10.1. The van der Waals surface area contributed by atoms with Crippen molar-refractivity contribution in [2.45, 2.75) is 47.0 Å². The number of aliphatic imine (C=N–C) groups is 1. The van der Waals surface area contributed by atoms with Crippen LogP contribution >= 0.6 is 11.8 Å². The molecule has 2 aromatic rings. The number of thioether (sulfide) groups is 1. The SMILES string of the molecule is CCCCC1=NN2C(=N)/C(=C\c3ccc(OCCOc4cc(C)ccc4C)c(OCC)c3)C(=O)N=C2S1. The van der Waals surface area contributed by atoms with Crippen LogP contribution in [-0.2, 0) is 4.79 Å². The van der Waals surface area contributed by atoms with Gasteiger partial charge in [-0.1, -0.05) is 31.5 Å². The van der Waals surface area contributed by atoms with Crippen LogP contribution in [-0.4, -0.2) is 46.8 Å². The predicted molar refractivity (Wildman–Crippen MR) is 149 cm³/mol. The average Bonchev–Trinajstić information content (AvgIpc) is 3.29. The minimum atomic E-state index is -0.447. The van der Waals surface area contributed by atoms with Gasteiger partial charge in [0.05, 0.1) is 12.2 Å². The number of fused-ring (bicyclic) bond motifs is 1. The third-order valence-electron chi connectivity index (χ3n) is 5.76. The Hall–Kier alpha value is -3.59. The highest BCUT2D eigenvalue weighted by atomic mass is 32.2. The molecule has 8 nitrogen and oxygen atoms in total. The van der Waals surface area contributed by atoms with Gasteiger partial charge in [0.1, 0.15) is 24.0 Å². The Bertz CT molecular complexity index is 1280. The van der Waals surface area contributed by atoms with Crippen LogP contribution in [0.25, 0.3) is 6.08 Å². The summed E-state index contributed by atoms with van der Waals surface area (Å²) in [6, 6.07) is 11.5. The number of ether oxygens (including phenoxy) is 3. The van der Waals surface area contributed by atoms with Crippen LogP contribution in [0.1, 0.15) is 49.8 Å². The number of unbranched alkanes of at least 4 members (excludes halogenated alkanes) is 1. The van der Waals surface area contributed by atoms with Gasteiger partial charge < -0.3 is 14.2 Å². The molecule has 4 rings (SSSR count). The molecule has 0 spiro atoms. The average molecular weight is 521 g/mol. The molecule has 2 aliphatic heterocycles. The summed E-state index contributed by atoms with van der Waals surface area (Å²) in [6.07, 6.45) is 4.51. The number of hydrazone groups is 1. The minimum absolute atomic E-state index is 0.0240. The molecule has 0 aliphatic carbocycles. The van der Waals surface area contributed by atoms with Gasteiger partial charge in [-0.2, -0.15) is 15.1 Å². The van der Waals surface area contributed by atoms with Crippen molar-refractivity contribution in [1.29, 1.82) is 5.41 Å². The van der Waals surface area contributed by atoms with Gasteiger partial charge in [-0.3, -0.25) is 10.2 Å². The van der Waals surface area contributed by atoms with Gasteiger partial charge in [0.25, 0.3) is 5.91 Å². The maximum Gasteiger partial charge on any atom is 0.283 e. The molecule has 0 bridgehead atoms. The normalized spacial score (nSPS) is 16.0. The first-order chi connectivity index (χ1) is 17.9. The molecule has 194 valence electrons. The Kier molecular flexibility index (Phi) is 8.66. The topological polar surface area (TPSA) is 96.6 Å². The zero-order valence-electron chi connectivity index (χ0n) is 21.7. The summed E-state index contributed by atoms with van der Waals surface area (Å²) in [5.74, 6) is 1.56. The number of carbonyl (C=O) groups is 1. The number of benzene rings is 2. The number of amidine groups is 2. The number of hydrogen-bond donors (Lipinski definition) is 1. The van der Waals surface area contributed by atoms with Crippen LogP contribution in [0.5, 0.6) is 17.2 Å². The van der Waals surface area contributed by atoms with Crippen molar-refractivity contribution in [2.75, 3.05) is 19.8 Å². The van der Waals surface area contributed by atoms with Crippen LogP contribution in [0.4, 0.5) is 0 Å². The van der Waals surface area contributed by atoms with E-state index in [0.717, 1.165) is 41.2 Å². The van der Waals surface area contributed by atoms with Gasteiger partial charge in [-0.25, -0.2) is 0 Å². The zero-order valence-corrected chi connectivity index (χ0v) is 22.5. The molecule has 9 heteroatoms. The van der Waals surface area contributed by atoms with Crippen molar-refractivity contribution >= 4 is 39.8 Å². The van der Waals surface area contributed by atoms with E-state index in [4.69, 9.17) is 19.6 Å². The van der Waals surface area contributed by atoms with E-state index in [2.05, 4.69) is 23.1 Å². The molecule has 1 amide bonds. The summed E-state index contributed by atoms with van der Waals surface area (Å²) in [5.41, 5.74) is 3.11. The highest BCUT2D eigenvalue weighted by molar-refractivity contribution is 8.26. The Morgan fingerprint density at radius 3 is 2.54 bits per heavy atom. The van der Waals surface area contributed by atoms with E-state index in [-0.39, 0.29) is 11.4 Å². The molecule has 2 aromatic carbocycles. The number of nitrogens with zero attached hydrogens (tertiary/aromatic N) is 3. The van der Waals surface area contributed by atoms with Crippen molar-refractivity contribution in [3.8, 4) is 17.2 Å². The fraction of sp³-hybridized carbons (Fsp3) is 0.357. The molecule has 2 aliphatic rings. The van der Waals surface area contributed by atoms with E-state index in [9.17, 15) is 4.79 Å². The Morgan fingerprint density at radius 1 is 1.00 bits per heavy atom. The lowest BCUT2D eigenvalue weighted by molar-refractivity contribution is -0.114. The third-order valence-corrected chi connectivity index (χ3v) is 6.73. The highest BCUT2D eigenvalue weighted by Crippen LogP contribution is 2.32. The van der Waals surface area contributed by atoms with E-state index in [1.807, 2.05) is 39.0 Å². The van der Waals surface area contributed by atoms with E-state index in [1.165, 1.54) is 16.8 Å². The molecule has 37 heavy (non-hydrogen) atoms. The predicted octanol–water partition coefficient (Wildman–Crippen LogP) is 5.97. The fourth-order valence-electron chi connectivity index (χ4n) is 3.80. The van der Waals surface area contributed by atoms with E-state index in [0.29, 0.717) is 42.1 Å². The van der Waals surface area contributed by atoms with Gasteiger partial charge in [-0.15, -0.1) is 0 Å². The third kappa shape index (κ3) is 6.40. The highest BCUT2D eigenvalue weighted by Gasteiger charge is 2.35. The van der Waals surface area contributed by atoms with Crippen molar-refractivity contribution in [3.63, 3.8) is 0 Å². The molecule has 2 heterocycles. The molecule has 0 fully saturated rings. The summed E-state index contributed by atoms with van der Waals surface area (Å²) in [4.78, 5) is 16.9.